The van der Waals surface area contributed by atoms with Crippen molar-refractivity contribution in [1.29, 1.82) is 0 Å². The number of hydrogen-bond donors (Lipinski definition) is 1. The molecule has 0 unspecified atom stereocenters. The van der Waals surface area contributed by atoms with E-state index < -0.39 is 4.92 Å². The molecular weight excluding hydrogens is 196 g/mol. The Labute approximate surface area is 85.1 Å². The number of hydrogen-bond acceptors (Lipinski definition) is 4. The van der Waals surface area contributed by atoms with Crippen LogP contribution >= 0.6 is 0 Å². The highest BCUT2D eigenvalue weighted by Crippen LogP contribution is 2.18. The van der Waals surface area contributed by atoms with E-state index in [-0.39, 0.29) is 5.69 Å². The van der Waals surface area contributed by atoms with Gasteiger partial charge in [0.05, 0.1) is 16.3 Å². The Balaban J connectivity index is 2.46. The molecule has 2 rings (SSSR count). The summed E-state index contributed by atoms with van der Waals surface area (Å²) in [4.78, 5) is 9.95. The number of aromatic nitrogens is 2. The first kappa shape index (κ1) is 9.20. The minimum absolute atomic E-state index is 0.0572. The Kier molecular flexibility index (Phi) is 2.09. The minimum Gasteiger partial charge on any atom is -0.397 e. The van der Waals surface area contributed by atoms with Crippen LogP contribution in [0, 0.1) is 10.1 Å². The predicted octanol–water partition coefficient (Wildman–Crippen LogP) is 1.36. The van der Waals surface area contributed by atoms with Crippen LogP contribution in [0.2, 0.25) is 0 Å². The molecule has 0 aliphatic carbocycles. The zero-order chi connectivity index (χ0) is 10.8. The Bertz CT molecular complexity index is 506. The lowest BCUT2D eigenvalue weighted by molar-refractivity contribution is -0.384. The van der Waals surface area contributed by atoms with Gasteiger partial charge in [0.2, 0.25) is 0 Å². The summed E-state index contributed by atoms with van der Waals surface area (Å²) in [5.74, 6) is 0. The lowest BCUT2D eigenvalue weighted by Gasteiger charge is -2.03. The van der Waals surface area contributed by atoms with Crippen molar-refractivity contribution in [2.24, 2.45) is 0 Å². The van der Waals surface area contributed by atoms with Crippen LogP contribution in [0.15, 0.2) is 36.7 Å². The molecule has 0 amide bonds. The standard InChI is InChI=1S/C9H8N4O2/c10-8-3-1-2-4-9(8)12-6-7(5-11-12)13(14)15/h1-6H,10H2. The largest absolute Gasteiger partial charge is 0.397 e. The van der Waals surface area contributed by atoms with Gasteiger partial charge in [-0.25, -0.2) is 4.68 Å². The molecule has 0 atom stereocenters. The average molecular weight is 204 g/mol. The first-order valence-corrected chi connectivity index (χ1v) is 4.22. The van der Waals surface area contributed by atoms with Gasteiger partial charge in [-0.1, -0.05) is 12.1 Å². The summed E-state index contributed by atoms with van der Waals surface area (Å²) in [5.41, 5.74) is 6.80. The number of benzene rings is 1. The fourth-order valence-corrected chi connectivity index (χ4v) is 1.24. The van der Waals surface area contributed by atoms with E-state index in [1.165, 1.54) is 17.1 Å². The number of nitrogen functional groups attached to an aromatic ring is 1. The van der Waals surface area contributed by atoms with Crippen molar-refractivity contribution >= 4 is 11.4 Å². The third-order valence-corrected chi connectivity index (χ3v) is 1.96. The second-order valence-electron chi connectivity index (χ2n) is 2.96. The van der Waals surface area contributed by atoms with E-state index in [4.69, 9.17) is 5.73 Å². The second kappa shape index (κ2) is 3.41. The lowest BCUT2D eigenvalue weighted by Crippen LogP contribution is -1.99. The third-order valence-electron chi connectivity index (χ3n) is 1.96. The Morgan fingerprint density at radius 2 is 2.13 bits per heavy atom. The molecule has 1 aromatic heterocycles. The van der Waals surface area contributed by atoms with Crippen LogP contribution in [0.1, 0.15) is 0 Å². The Morgan fingerprint density at radius 3 is 2.73 bits per heavy atom. The SMILES string of the molecule is Nc1ccccc1-n1cc([N+](=O)[O-])cn1. The maximum Gasteiger partial charge on any atom is 0.307 e. The number of rotatable bonds is 2. The average Bonchev–Trinajstić information content (AvgIpc) is 2.67. The molecule has 2 N–H and O–H groups in total. The van der Waals surface area contributed by atoms with Gasteiger partial charge in [-0.2, -0.15) is 5.10 Å². The Morgan fingerprint density at radius 1 is 1.40 bits per heavy atom. The van der Waals surface area contributed by atoms with Gasteiger partial charge >= 0.3 is 5.69 Å². The smallest absolute Gasteiger partial charge is 0.307 e. The number of nitrogens with zero attached hydrogens (tertiary/aromatic N) is 3. The molecule has 1 aromatic carbocycles. The van der Waals surface area contributed by atoms with Gasteiger partial charge < -0.3 is 5.73 Å². The summed E-state index contributed by atoms with van der Waals surface area (Å²) < 4.78 is 1.38. The molecule has 76 valence electrons. The molecule has 1 heterocycles. The van der Waals surface area contributed by atoms with Crippen molar-refractivity contribution < 1.29 is 4.92 Å². The lowest BCUT2D eigenvalue weighted by atomic mass is 10.3. The highest BCUT2D eigenvalue weighted by atomic mass is 16.6. The summed E-state index contributed by atoms with van der Waals surface area (Å²) in [6.07, 6.45) is 2.51. The maximum absolute atomic E-state index is 10.5. The topological polar surface area (TPSA) is 87.0 Å². The predicted molar refractivity (Wildman–Crippen MR) is 54.6 cm³/mol. The van der Waals surface area contributed by atoms with Crippen LogP contribution in [-0.2, 0) is 0 Å². The van der Waals surface area contributed by atoms with Crippen molar-refractivity contribution in [3.05, 3.63) is 46.8 Å². The molecule has 0 fully saturated rings. The van der Waals surface area contributed by atoms with Crippen LogP contribution in [0.25, 0.3) is 5.69 Å². The van der Waals surface area contributed by atoms with E-state index in [1.807, 2.05) is 0 Å². The number of anilines is 1. The van der Waals surface area contributed by atoms with Crippen molar-refractivity contribution in [2.45, 2.75) is 0 Å². The van der Waals surface area contributed by atoms with Gasteiger partial charge in [0.25, 0.3) is 0 Å². The summed E-state index contributed by atoms with van der Waals surface area (Å²) in [5, 5.41) is 14.3. The normalized spacial score (nSPS) is 10.1. The molecule has 0 spiro atoms. The summed E-state index contributed by atoms with van der Waals surface area (Å²) in [6, 6.07) is 7.03. The van der Waals surface area contributed by atoms with E-state index in [2.05, 4.69) is 5.10 Å². The second-order valence-corrected chi connectivity index (χ2v) is 2.96. The van der Waals surface area contributed by atoms with Crippen LogP contribution in [0.5, 0.6) is 0 Å². The fraction of sp³-hybridized carbons (Fsp3) is 0. The van der Waals surface area contributed by atoms with Gasteiger partial charge in [-0.15, -0.1) is 0 Å². The molecular formula is C9H8N4O2. The first-order valence-electron chi connectivity index (χ1n) is 4.22. The molecule has 15 heavy (non-hydrogen) atoms. The molecule has 6 heteroatoms. The third kappa shape index (κ3) is 1.64. The fourth-order valence-electron chi connectivity index (χ4n) is 1.24. The number of nitrogens with two attached hydrogens (primary N) is 1. The molecule has 0 aliphatic heterocycles. The molecule has 2 aromatic rings. The van der Waals surface area contributed by atoms with E-state index in [0.717, 1.165) is 0 Å². The molecule has 0 saturated heterocycles. The van der Waals surface area contributed by atoms with Gasteiger partial charge in [0.15, 0.2) is 0 Å². The summed E-state index contributed by atoms with van der Waals surface area (Å²) in [7, 11) is 0. The molecule has 0 saturated carbocycles. The van der Waals surface area contributed by atoms with E-state index in [0.29, 0.717) is 11.4 Å². The first-order chi connectivity index (χ1) is 7.18. The van der Waals surface area contributed by atoms with Gasteiger partial charge in [-0.05, 0) is 12.1 Å². The molecule has 6 nitrogen and oxygen atoms in total. The number of para-hydroxylation sites is 2. The highest BCUT2D eigenvalue weighted by molar-refractivity contribution is 5.57. The maximum atomic E-state index is 10.5. The minimum atomic E-state index is -0.497. The van der Waals surface area contributed by atoms with Crippen LogP contribution in [-0.4, -0.2) is 14.7 Å². The van der Waals surface area contributed by atoms with Crippen molar-refractivity contribution in [3.8, 4) is 5.69 Å². The van der Waals surface area contributed by atoms with E-state index in [1.54, 1.807) is 24.3 Å². The molecule has 0 aliphatic rings. The summed E-state index contributed by atoms with van der Waals surface area (Å²) in [6.45, 7) is 0. The van der Waals surface area contributed by atoms with Crippen molar-refractivity contribution in [1.82, 2.24) is 9.78 Å². The monoisotopic (exact) mass is 204 g/mol. The number of nitro groups is 1. The van der Waals surface area contributed by atoms with Gasteiger partial charge in [-0.3, -0.25) is 10.1 Å². The van der Waals surface area contributed by atoms with E-state index >= 15 is 0 Å². The quantitative estimate of drug-likeness (QED) is 0.454. The highest BCUT2D eigenvalue weighted by Gasteiger charge is 2.10. The van der Waals surface area contributed by atoms with Crippen LogP contribution in [0.4, 0.5) is 11.4 Å². The van der Waals surface area contributed by atoms with Crippen LogP contribution < -0.4 is 5.73 Å². The van der Waals surface area contributed by atoms with Gasteiger partial charge in [0, 0.05) is 0 Å². The molecule has 0 bridgehead atoms. The summed E-state index contributed by atoms with van der Waals surface area (Å²) >= 11 is 0. The zero-order valence-corrected chi connectivity index (χ0v) is 7.70. The van der Waals surface area contributed by atoms with Crippen molar-refractivity contribution in [2.75, 3.05) is 5.73 Å². The van der Waals surface area contributed by atoms with E-state index in [9.17, 15) is 10.1 Å². The van der Waals surface area contributed by atoms with Crippen LogP contribution in [0.3, 0.4) is 0 Å². The van der Waals surface area contributed by atoms with Crippen molar-refractivity contribution in [3.63, 3.8) is 0 Å². The van der Waals surface area contributed by atoms with Gasteiger partial charge in [0.1, 0.15) is 12.4 Å². The zero-order valence-electron chi connectivity index (χ0n) is 7.70. The Hall–Kier alpha value is -2.37. The molecule has 0 radical (unpaired) electrons.